The first-order valence-corrected chi connectivity index (χ1v) is 6.66. The van der Waals surface area contributed by atoms with Crippen LogP contribution >= 0.6 is 11.6 Å². The van der Waals surface area contributed by atoms with E-state index in [1.165, 1.54) is 0 Å². The van der Waals surface area contributed by atoms with Crippen LogP contribution < -0.4 is 10.5 Å². The Hall–Kier alpha value is -2.64. The normalized spacial score (nSPS) is 10.5. The third kappa shape index (κ3) is 2.39. The molecule has 5 heteroatoms. The molecule has 104 valence electrons. The Morgan fingerprint density at radius 2 is 2.00 bits per heavy atom. The number of rotatable bonds is 3. The summed E-state index contributed by atoms with van der Waals surface area (Å²) in [6.45, 7) is 0.170. The lowest BCUT2D eigenvalue weighted by molar-refractivity contribution is 0.304. The van der Waals surface area contributed by atoms with Gasteiger partial charge in [0.1, 0.15) is 18.3 Å². The van der Waals surface area contributed by atoms with Crippen molar-refractivity contribution in [2.75, 3.05) is 5.73 Å². The number of fused-ring (bicyclic) bond motifs is 1. The van der Waals surface area contributed by atoms with Crippen LogP contribution in [0.5, 0.6) is 5.75 Å². The Bertz CT molecular complexity index is 829. The number of ether oxygens (including phenoxy) is 1. The second kappa shape index (κ2) is 5.39. The summed E-state index contributed by atoms with van der Waals surface area (Å²) in [5.41, 5.74) is 7.74. The quantitative estimate of drug-likeness (QED) is 0.738. The van der Waals surface area contributed by atoms with Crippen LogP contribution in [0.2, 0.25) is 5.02 Å². The van der Waals surface area contributed by atoms with Gasteiger partial charge in [0.15, 0.2) is 5.75 Å². The molecule has 0 aliphatic carbocycles. The summed E-state index contributed by atoms with van der Waals surface area (Å²) in [7, 11) is 0. The van der Waals surface area contributed by atoms with Gasteiger partial charge < -0.3 is 14.9 Å². The van der Waals surface area contributed by atoms with Crippen LogP contribution in [-0.4, -0.2) is 0 Å². The van der Waals surface area contributed by atoms with Gasteiger partial charge in [0.25, 0.3) is 0 Å². The van der Waals surface area contributed by atoms with Gasteiger partial charge in [-0.3, -0.25) is 0 Å². The van der Waals surface area contributed by atoms with Crippen molar-refractivity contribution in [2.45, 2.75) is 6.61 Å². The molecule has 0 unspecified atom stereocenters. The molecular weight excluding hydrogens is 288 g/mol. The maximum absolute atomic E-state index is 9.15. The van der Waals surface area contributed by atoms with E-state index in [2.05, 4.69) is 0 Å². The average Bonchev–Trinajstić information content (AvgIpc) is 2.85. The van der Waals surface area contributed by atoms with Gasteiger partial charge >= 0.3 is 0 Å². The van der Waals surface area contributed by atoms with Crippen LogP contribution in [0.1, 0.15) is 11.3 Å². The third-order valence-electron chi connectivity index (χ3n) is 3.17. The van der Waals surface area contributed by atoms with E-state index in [-0.39, 0.29) is 12.4 Å². The van der Waals surface area contributed by atoms with Crippen molar-refractivity contribution in [3.05, 3.63) is 58.8 Å². The maximum Gasteiger partial charge on any atom is 0.246 e. The van der Waals surface area contributed by atoms with E-state index < -0.39 is 0 Å². The second-order valence-corrected chi connectivity index (χ2v) is 4.87. The first kappa shape index (κ1) is 13.3. The molecule has 0 atom stereocenters. The van der Waals surface area contributed by atoms with Gasteiger partial charge in [0.2, 0.25) is 5.76 Å². The summed E-state index contributed by atoms with van der Waals surface area (Å²) < 4.78 is 11.2. The minimum absolute atomic E-state index is 0.141. The van der Waals surface area contributed by atoms with Crippen molar-refractivity contribution < 1.29 is 9.15 Å². The summed E-state index contributed by atoms with van der Waals surface area (Å²) in [4.78, 5) is 0. The summed E-state index contributed by atoms with van der Waals surface area (Å²) in [5.74, 6) is 0.550. The number of nitrogens with two attached hydrogens (primary N) is 1. The van der Waals surface area contributed by atoms with Gasteiger partial charge in [-0.1, -0.05) is 29.8 Å². The fourth-order valence-electron chi connectivity index (χ4n) is 2.11. The molecule has 0 saturated heterocycles. The molecular formula is C16H11ClN2O2. The second-order valence-electron chi connectivity index (χ2n) is 4.46. The van der Waals surface area contributed by atoms with Crippen molar-refractivity contribution in [1.29, 1.82) is 5.26 Å². The fourth-order valence-corrected chi connectivity index (χ4v) is 2.35. The van der Waals surface area contributed by atoms with E-state index in [0.29, 0.717) is 27.6 Å². The zero-order chi connectivity index (χ0) is 14.8. The molecule has 0 saturated carbocycles. The average molecular weight is 299 g/mol. The predicted octanol–water partition coefficient (Wildman–Crippen LogP) is 4.12. The number of nitriles is 1. The summed E-state index contributed by atoms with van der Waals surface area (Å²) >= 11 is 6.11. The van der Waals surface area contributed by atoms with Gasteiger partial charge in [-0.2, -0.15) is 5.26 Å². The Kier molecular flexibility index (Phi) is 3.43. The highest BCUT2D eigenvalue weighted by Gasteiger charge is 2.16. The van der Waals surface area contributed by atoms with E-state index in [4.69, 9.17) is 31.8 Å². The van der Waals surface area contributed by atoms with Crippen molar-refractivity contribution >= 4 is 28.3 Å². The van der Waals surface area contributed by atoms with Gasteiger partial charge in [0, 0.05) is 16.3 Å². The van der Waals surface area contributed by atoms with Crippen LogP contribution in [0.25, 0.3) is 11.0 Å². The molecule has 2 aromatic carbocycles. The van der Waals surface area contributed by atoms with Crippen LogP contribution in [0.15, 0.2) is 46.9 Å². The topological polar surface area (TPSA) is 72.2 Å². The molecule has 2 N–H and O–H groups in total. The molecule has 0 radical (unpaired) electrons. The first-order chi connectivity index (χ1) is 10.2. The zero-order valence-electron chi connectivity index (χ0n) is 11.0. The van der Waals surface area contributed by atoms with Crippen molar-refractivity contribution in [3.63, 3.8) is 0 Å². The predicted molar refractivity (Wildman–Crippen MR) is 81.1 cm³/mol. The fraction of sp³-hybridized carbons (Fsp3) is 0.0625. The van der Waals surface area contributed by atoms with Gasteiger partial charge in [-0.05, 0) is 24.3 Å². The molecule has 0 aliphatic heterocycles. The lowest BCUT2D eigenvalue weighted by Crippen LogP contribution is -2.01. The molecule has 0 spiro atoms. The lowest BCUT2D eigenvalue weighted by atomic mass is 10.2. The Balaban J connectivity index is 1.97. The van der Waals surface area contributed by atoms with Gasteiger partial charge in [-0.15, -0.1) is 0 Å². The number of nitrogens with zero attached hydrogens (tertiary/aromatic N) is 1. The molecule has 0 aliphatic rings. The highest BCUT2D eigenvalue weighted by atomic mass is 35.5. The van der Waals surface area contributed by atoms with E-state index in [9.17, 15) is 0 Å². The molecule has 0 bridgehead atoms. The summed E-state index contributed by atoms with van der Waals surface area (Å²) in [6.07, 6.45) is 0. The van der Waals surface area contributed by atoms with E-state index in [0.717, 1.165) is 5.39 Å². The molecule has 0 fully saturated rings. The number of nitrogen functional groups attached to an aromatic ring is 1. The van der Waals surface area contributed by atoms with Crippen LogP contribution in [0, 0.1) is 11.3 Å². The Morgan fingerprint density at radius 3 is 2.76 bits per heavy atom. The zero-order valence-corrected chi connectivity index (χ0v) is 11.7. The smallest absolute Gasteiger partial charge is 0.246 e. The number of anilines is 1. The largest absolute Gasteiger partial charge is 0.483 e. The van der Waals surface area contributed by atoms with Gasteiger partial charge in [-0.25, -0.2) is 0 Å². The van der Waals surface area contributed by atoms with Crippen molar-refractivity contribution in [2.24, 2.45) is 0 Å². The molecule has 0 amide bonds. The highest BCUT2D eigenvalue weighted by Crippen LogP contribution is 2.34. The molecule has 1 aromatic heterocycles. The minimum atomic E-state index is 0.141. The molecule has 3 rings (SSSR count). The van der Waals surface area contributed by atoms with Gasteiger partial charge in [0.05, 0.1) is 5.39 Å². The van der Waals surface area contributed by atoms with Crippen molar-refractivity contribution in [3.8, 4) is 11.8 Å². The third-order valence-corrected chi connectivity index (χ3v) is 3.52. The maximum atomic E-state index is 9.15. The highest BCUT2D eigenvalue weighted by molar-refractivity contribution is 6.31. The van der Waals surface area contributed by atoms with Crippen LogP contribution in [0.3, 0.4) is 0 Å². The SMILES string of the molecule is N#Cc1oc2ccccc2c1OCc1c(N)cccc1Cl. The number of halogens is 1. The first-order valence-electron chi connectivity index (χ1n) is 6.28. The van der Waals surface area contributed by atoms with E-state index in [1.54, 1.807) is 24.3 Å². The number of hydrogen-bond donors (Lipinski definition) is 1. The van der Waals surface area contributed by atoms with Crippen LogP contribution in [0.4, 0.5) is 5.69 Å². The molecule has 3 aromatic rings. The Morgan fingerprint density at radius 1 is 1.19 bits per heavy atom. The Labute approximate surface area is 126 Å². The number of hydrogen-bond acceptors (Lipinski definition) is 4. The minimum Gasteiger partial charge on any atom is -0.483 e. The lowest BCUT2D eigenvalue weighted by Gasteiger charge is -2.09. The van der Waals surface area contributed by atoms with E-state index in [1.807, 2.05) is 24.3 Å². The van der Waals surface area contributed by atoms with E-state index >= 15 is 0 Å². The number of para-hydroxylation sites is 1. The summed E-state index contributed by atoms with van der Waals surface area (Å²) in [6, 6.07) is 14.6. The van der Waals surface area contributed by atoms with Crippen molar-refractivity contribution in [1.82, 2.24) is 0 Å². The monoisotopic (exact) mass is 298 g/mol. The molecule has 21 heavy (non-hydrogen) atoms. The number of benzene rings is 2. The van der Waals surface area contributed by atoms with Crippen LogP contribution in [-0.2, 0) is 6.61 Å². The number of furan rings is 1. The standard InChI is InChI=1S/C16H11ClN2O2/c17-12-5-3-6-13(19)11(12)9-20-16-10-4-1-2-7-14(10)21-15(16)8-18/h1-7H,9,19H2. The molecule has 1 heterocycles. The summed E-state index contributed by atoms with van der Waals surface area (Å²) in [5, 5.41) is 10.4. The molecule has 4 nitrogen and oxygen atoms in total.